The Hall–Kier alpha value is -3.09. The molecule has 0 aromatic heterocycles. The summed E-state index contributed by atoms with van der Waals surface area (Å²) < 4.78 is 0. The highest BCUT2D eigenvalue weighted by Crippen LogP contribution is 2.22. The van der Waals surface area contributed by atoms with E-state index in [0.717, 1.165) is 11.1 Å². The van der Waals surface area contributed by atoms with Gasteiger partial charge in [-0.1, -0.05) is 48.0 Å². The normalized spacial score (nSPS) is 13.9. The Morgan fingerprint density at radius 1 is 1.12 bits per heavy atom. The topological polar surface area (TPSA) is 44.1 Å². The summed E-state index contributed by atoms with van der Waals surface area (Å²) in [5, 5.41) is 9.90. The van der Waals surface area contributed by atoms with Crippen LogP contribution in [0.4, 0.5) is 0 Å². The van der Waals surface area contributed by atoms with Crippen molar-refractivity contribution < 1.29 is 4.79 Å². The number of benzene rings is 2. The molecule has 2 aromatic rings. The van der Waals surface area contributed by atoms with Crippen LogP contribution in [0.3, 0.4) is 0 Å². The highest BCUT2D eigenvalue weighted by molar-refractivity contribution is 6.30. The fourth-order valence-corrected chi connectivity index (χ4v) is 2.84. The Kier molecular flexibility index (Phi) is 5.68. The van der Waals surface area contributed by atoms with Crippen molar-refractivity contribution in [1.82, 2.24) is 4.90 Å². The molecule has 0 radical (unpaired) electrons. The third-order valence-electron chi connectivity index (χ3n) is 3.98. The summed E-state index contributed by atoms with van der Waals surface area (Å²) in [6, 6.07) is 19.1. The second-order valence-electron chi connectivity index (χ2n) is 6.01. The molecule has 0 aliphatic carbocycles. The molecule has 0 fully saturated rings. The van der Waals surface area contributed by atoms with Crippen LogP contribution in [0.5, 0.6) is 0 Å². The van der Waals surface area contributed by atoms with Crippen molar-refractivity contribution in [3.8, 4) is 6.07 Å². The number of nitriles is 1. The third kappa shape index (κ3) is 4.72. The van der Waals surface area contributed by atoms with E-state index in [0.29, 0.717) is 29.1 Å². The summed E-state index contributed by atoms with van der Waals surface area (Å²) in [4.78, 5) is 14.2. The fraction of sp³-hybridized carbons (Fsp3) is 0.0909. The SMILES string of the molecule is N#CC1=CN(Cc2ccccc2)C=C(/C=C/C(=O)c2ccc(Cl)cc2)C1. The molecule has 1 aliphatic rings. The molecular formula is C22H17ClN2O. The lowest BCUT2D eigenvalue weighted by Gasteiger charge is -2.22. The first-order valence-corrected chi connectivity index (χ1v) is 8.61. The number of nitrogens with zero attached hydrogens (tertiary/aromatic N) is 2. The molecule has 3 nitrogen and oxygen atoms in total. The monoisotopic (exact) mass is 360 g/mol. The minimum atomic E-state index is -0.0924. The Labute approximate surface area is 158 Å². The van der Waals surface area contributed by atoms with Crippen molar-refractivity contribution >= 4 is 17.4 Å². The second-order valence-corrected chi connectivity index (χ2v) is 6.45. The molecule has 128 valence electrons. The summed E-state index contributed by atoms with van der Waals surface area (Å²) in [7, 11) is 0. The van der Waals surface area contributed by atoms with Crippen molar-refractivity contribution in [2.24, 2.45) is 0 Å². The van der Waals surface area contributed by atoms with Gasteiger partial charge < -0.3 is 4.90 Å². The van der Waals surface area contributed by atoms with E-state index < -0.39 is 0 Å². The minimum Gasteiger partial charge on any atom is -0.349 e. The van der Waals surface area contributed by atoms with Gasteiger partial charge in [0.2, 0.25) is 0 Å². The maximum Gasteiger partial charge on any atom is 0.185 e. The van der Waals surface area contributed by atoms with Gasteiger partial charge in [-0.25, -0.2) is 0 Å². The summed E-state index contributed by atoms with van der Waals surface area (Å²) in [6.45, 7) is 0.675. The zero-order valence-electron chi connectivity index (χ0n) is 14.1. The van der Waals surface area contributed by atoms with Gasteiger partial charge >= 0.3 is 0 Å². The van der Waals surface area contributed by atoms with Crippen molar-refractivity contribution in [2.75, 3.05) is 0 Å². The van der Waals surface area contributed by atoms with Crippen LogP contribution in [0.1, 0.15) is 22.3 Å². The number of hydrogen-bond acceptors (Lipinski definition) is 3. The molecule has 2 aromatic carbocycles. The van der Waals surface area contributed by atoms with Gasteiger partial charge in [0.05, 0.1) is 11.6 Å². The van der Waals surface area contributed by atoms with Crippen LogP contribution in [0.15, 0.2) is 90.3 Å². The Morgan fingerprint density at radius 3 is 2.54 bits per heavy atom. The molecule has 3 rings (SSSR count). The van der Waals surface area contributed by atoms with Gasteiger partial charge in [0.25, 0.3) is 0 Å². The molecule has 26 heavy (non-hydrogen) atoms. The molecule has 0 saturated carbocycles. The highest BCUT2D eigenvalue weighted by atomic mass is 35.5. The minimum absolute atomic E-state index is 0.0924. The second kappa shape index (κ2) is 8.33. The first-order valence-electron chi connectivity index (χ1n) is 8.23. The Bertz CT molecular complexity index is 919. The van der Waals surface area contributed by atoms with E-state index in [1.165, 1.54) is 6.08 Å². The van der Waals surface area contributed by atoms with Gasteiger partial charge in [0.15, 0.2) is 5.78 Å². The predicted octanol–water partition coefficient (Wildman–Crippen LogP) is 5.28. The predicted molar refractivity (Wildman–Crippen MR) is 103 cm³/mol. The first-order chi connectivity index (χ1) is 12.6. The first kappa shape index (κ1) is 17.7. The molecular weight excluding hydrogens is 344 g/mol. The Balaban J connectivity index is 1.74. The van der Waals surface area contributed by atoms with Gasteiger partial charge in [-0.3, -0.25) is 4.79 Å². The summed E-state index contributed by atoms with van der Waals surface area (Å²) in [6.07, 6.45) is 7.66. The van der Waals surface area contributed by atoms with E-state index in [9.17, 15) is 10.1 Å². The van der Waals surface area contributed by atoms with Crippen LogP contribution in [-0.2, 0) is 6.54 Å². The molecule has 0 spiro atoms. The van der Waals surface area contributed by atoms with Crippen LogP contribution in [0.2, 0.25) is 5.02 Å². The molecule has 4 heteroatoms. The smallest absolute Gasteiger partial charge is 0.185 e. The van der Waals surface area contributed by atoms with E-state index >= 15 is 0 Å². The van der Waals surface area contributed by atoms with Gasteiger partial charge in [0.1, 0.15) is 0 Å². The van der Waals surface area contributed by atoms with Crippen LogP contribution in [0.25, 0.3) is 0 Å². The largest absolute Gasteiger partial charge is 0.349 e. The number of rotatable bonds is 5. The number of halogens is 1. The number of allylic oxidation sites excluding steroid dienone is 4. The average molecular weight is 361 g/mol. The van der Waals surface area contributed by atoms with Gasteiger partial charge in [-0.2, -0.15) is 5.26 Å². The standard InChI is InChI=1S/C22H17ClN2O/c23-21-9-7-20(8-10-21)22(26)11-6-18-12-19(13-24)16-25(15-18)14-17-4-2-1-3-5-17/h1-11,15-16H,12,14H2/b11-6+. The summed E-state index contributed by atoms with van der Waals surface area (Å²) >= 11 is 5.85. The zero-order chi connectivity index (χ0) is 18.4. The fourth-order valence-electron chi connectivity index (χ4n) is 2.71. The van der Waals surface area contributed by atoms with Crippen LogP contribution >= 0.6 is 11.6 Å². The van der Waals surface area contributed by atoms with Gasteiger partial charge in [-0.15, -0.1) is 0 Å². The molecule has 0 N–H and O–H groups in total. The van der Waals surface area contributed by atoms with Crippen LogP contribution in [0, 0.1) is 11.3 Å². The lowest BCUT2D eigenvalue weighted by Crippen LogP contribution is -2.14. The van der Waals surface area contributed by atoms with E-state index in [1.807, 2.05) is 47.6 Å². The van der Waals surface area contributed by atoms with E-state index in [-0.39, 0.29) is 5.78 Å². The van der Waals surface area contributed by atoms with E-state index in [1.54, 1.807) is 30.3 Å². The van der Waals surface area contributed by atoms with Crippen molar-refractivity contribution in [3.63, 3.8) is 0 Å². The van der Waals surface area contributed by atoms with Crippen LogP contribution < -0.4 is 0 Å². The number of hydrogen-bond donors (Lipinski definition) is 0. The molecule has 0 bridgehead atoms. The lowest BCUT2D eigenvalue weighted by atomic mass is 10.0. The third-order valence-corrected chi connectivity index (χ3v) is 4.23. The van der Waals surface area contributed by atoms with Crippen LogP contribution in [-0.4, -0.2) is 10.7 Å². The zero-order valence-corrected chi connectivity index (χ0v) is 14.9. The Morgan fingerprint density at radius 2 is 1.85 bits per heavy atom. The highest BCUT2D eigenvalue weighted by Gasteiger charge is 2.11. The maximum absolute atomic E-state index is 12.3. The number of carbonyl (C=O) groups excluding carboxylic acids is 1. The maximum atomic E-state index is 12.3. The molecule has 0 atom stereocenters. The molecule has 0 amide bonds. The number of ketones is 1. The van der Waals surface area contributed by atoms with Gasteiger partial charge in [0, 0.05) is 36.0 Å². The van der Waals surface area contributed by atoms with Gasteiger partial charge in [-0.05, 0) is 41.5 Å². The summed E-state index contributed by atoms with van der Waals surface area (Å²) in [5.41, 5.74) is 3.32. The molecule has 1 aliphatic heterocycles. The van der Waals surface area contributed by atoms with Crippen molar-refractivity contribution in [3.05, 3.63) is 106 Å². The van der Waals surface area contributed by atoms with Crippen molar-refractivity contribution in [1.29, 1.82) is 5.26 Å². The molecule has 0 unspecified atom stereocenters. The lowest BCUT2D eigenvalue weighted by molar-refractivity contribution is 0.104. The van der Waals surface area contributed by atoms with E-state index in [4.69, 9.17) is 11.6 Å². The summed E-state index contributed by atoms with van der Waals surface area (Å²) in [5.74, 6) is -0.0924. The molecule has 0 saturated heterocycles. The quantitative estimate of drug-likeness (QED) is 0.538. The van der Waals surface area contributed by atoms with E-state index in [2.05, 4.69) is 6.07 Å². The van der Waals surface area contributed by atoms with Crippen molar-refractivity contribution in [2.45, 2.75) is 13.0 Å². The average Bonchev–Trinajstić information content (AvgIpc) is 2.67. The molecule has 1 heterocycles. The number of carbonyl (C=O) groups is 1.